The molecule has 29 heavy (non-hydrogen) atoms. The number of carbonyl (C=O) groups is 1. The van der Waals surface area contributed by atoms with Crippen molar-refractivity contribution in [2.45, 2.75) is 46.0 Å². The highest BCUT2D eigenvalue weighted by molar-refractivity contribution is 6.06. The number of ketones is 1. The van der Waals surface area contributed by atoms with Crippen molar-refractivity contribution in [3.05, 3.63) is 71.8 Å². The Morgan fingerprint density at radius 1 is 0.862 bits per heavy atom. The van der Waals surface area contributed by atoms with Gasteiger partial charge in [0, 0.05) is 12.1 Å². The van der Waals surface area contributed by atoms with E-state index in [1.54, 1.807) is 6.08 Å². The van der Waals surface area contributed by atoms with Crippen molar-refractivity contribution in [3.8, 4) is 5.75 Å². The quantitative estimate of drug-likeness (QED) is 0.216. The van der Waals surface area contributed by atoms with E-state index in [-0.39, 0.29) is 5.78 Å². The highest BCUT2D eigenvalue weighted by atomic mass is 16.5. The molecule has 2 aromatic rings. The number of allylic oxidation sites excluding steroid dienone is 1. The van der Waals surface area contributed by atoms with E-state index in [4.69, 9.17) is 4.74 Å². The van der Waals surface area contributed by atoms with Gasteiger partial charge >= 0.3 is 0 Å². The van der Waals surface area contributed by atoms with Crippen molar-refractivity contribution >= 4 is 11.9 Å². The van der Waals surface area contributed by atoms with Crippen LogP contribution in [0.1, 0.15) is 61.9 Å². The second-order valence-corrected chi connectivity index (χ2v) is 7.38. The Balaban J connectivity index is 1.75. The number of benzene rings is 2. The Morgan fingerprint density at radius 2 is 1.48 bits per heavy atom. The minimum absolute atomic E-state index is 0.00268. The lowest BCUT2D eigenvalue weighted by Crippen LogP contribution is -2.28. The predicted octanol–water partition coefficient (Wildman–Crippen LogP) is 6.25. The maximum absolute atomic E-state index is 12.3. The highest BCUT2D eigenvalue weighted by Gasteiger charge is 2.05. The number of rotatable bonds is 14. The molecule has 3 heteroatoms. The molecule has 0 heterocycles. The molecule has 0 saturated carbocycles. The van der Waals surface area contributed by atoms with Crippen LogP contribution in [0.4, 0.5) is 0 Å². The first kappa shape index (κ1) is 22.9. The molecule has 0 aliphatic heterocycles. The summed E-state index contributed by atoms with van der Waals surface area (Å²) in [4.78, 5) is 14.9. The molecular weight excluding hydrogens is 358 g/mol. The molecule has 2 rings (SSSR count). The van der Waals surface area contributed by atoms with Gasteiger partial charge in [0.15, 0.2) is 5.78 Å². The molecular formula is C26H35NO2. The van der Waals surface area contributed by atoms with E-state index in [9.17, 15) is 4.79 Å². The van der Waals surface area contributed by atoms with Crippen LogP contribution in [0.3, 0.4) is 0 Å². The fourth-order valence-corrected chi connectivity index (χ4v) is 3.12. The second kappa shape index (κ2) is 13.7. The Labute approximate surface area is 176 Å². The minimum Gasteiger partial charge on any atom is -0.494 e. The van der Waals surface area contributed by atoms with Gasteiger partial charge in [0.25, 0.3) is 0 Å². The fourth-order valence-electron chi connectivity index (χ4n) is 3.12. The lowest BCUT2D eigenvalue weighted by molar-refractivity contribution is 0.104. The van der Waals surface area contributed by atoms with Crippen LogP contribution in [-0.4, -0.2) is 36.9 Å². The molecule has 0 atom stereocenters. The normalized spacial score (nSPS) is 11.3. The first-order chi connectivity index (χ1) is 14.2. The van der Waals surface area contributed by atoms with Gasteiger partial charge in [-0.25, -0.2) is 0 Å². The van der Waals surface area contributed by atoms with Crippen LogP contribution in [0.15, 0.2) is 60.7 Å². The molecule has 0 saturated heterocycles. The first-order valence-corrected chi connectivity index (χ1v) is 11.0. The lowest BCUT2D eigenvalue weighted by Gasteiger charge is -2.21. The summed E-state index contributed by atoms with van der Waals surface area (Å²) in [5.74, 6) is 0.824. The van der Waals surface area contributed by atoms with Gasteiger partial charge < -0.3 is 9.64 Å². The number of hydrogen-bond acceptors (Lipinski definition) is 3. The van der Waals surface area contributed by atoms with E-state index in [1.807, 2.05) is 60.7 Å². The molecule has 2 aromatic carbocycles. The molecule has 0 N–H and O–H groups in total. The van der Waals surface area contributed by atoms with E-state index < -0.39 is 0 Å². The second-order valence-electron chi connectivity index (χ2n) is 7.38. The third kappa shape index (κ3) is 9.10. The van der Waals surface area contributed by atoms with Gasteiger partial charge in [0.05, 0.1) is 6.61 Å². The van der Waals surface area contributed by atoms with Gasteiger partial charge in [0.2, 0.25) is 0 Å². The fraction of sp³-hybridized carbons (Fsp3) is 0.423. The smallest absolute Gasteiger partial charge is 0.185 e. The number of unbranched alkanes of at least 4 members (excludes halogenated alkanes) is 2. The van der Waals surface area contributed by atoms with Crippen molar-refractivity contribution in [1.82, 2.24) is 4.90 Å². The molecule has 0 aliphatic rings. The summed E-state index contributed by atoms with van der Waals surface area (Å²) in [6, 6.07) is 17.3. The van der Waals surface area contributed by atoms with Crippen LogP contribution in [0, 0.1) is 0 Å². The van der Waals surface area contributed by atoms with E-state index in [2.05, 4.69) is 18.7 Å². The molecule has 0 amide bonds. The van der Waals surface area contributed by atoms with Crippen LogP contribution in [-0.2, 0) is 0 Å². The first-order valence-electron chi connectivity index (χ1n) is 11.0. The van der Waals surface area contributed by atoms with Gasteiger partial charge in [0.1, 0.15) is 5.75 Å². The molecule has 0 spiro atoms. The Hall–Kier alpha value is -2.39. The summed E-state index contributed by atoms with van der Waals surface area (Å²) in [6.07, 6.45) is 9.49. The summed E-state index contributed by atoms with van der Waals surface area (Å²) in [6.45, 7) is 8.64. The SMILES string of the molecule is CCCCN(CCCC)CCCOc1ccc(C(=O)/C=C/c2ccccc2)cc1. The zero-order valence-electron chi connectivity index (χ0n) is 18.0. The molecule has 0 radical (unpaired) electrons. The Bertz CT molecular complexity index is 714. The summed E-state index contributed by atoms with van der Waals surface area (Å²) < 4.78 is 5.87. The third-order valence-electron chi connectivity index (χ3n) is 4.91. The van der Waals surface area contributed by atoms with Crippen LogP contribution in [0.2, 0.25) is 0 Å². The number of hydrogen-bond donors (Lipinski definition) is 0. The van der Waals surface area contributed by atoms with E-state index >= 15 is 0 Å². The zero-order chi connectivity index (χ0) is 20.7. The van der Waals surface area contributed by atoms with Crippen LogP contribution in [0.5, 0.6) is 5.75 Å². The molecule has 3 nitrogen and oxygen atoms in total. The third-order valence-corrected chi connectivity index (χ3v) is 4.91. The van der Waals surface area contributed by atoms with E-state index in [0.29, 0.717) is 12.2 Å². The van der Waals surface area contributed by atoms with Crippen molar-refractivity contribution in [1.29, 1.82) is 0 Å². The Morgan fingerprint density at radius 3 is 2.10 bits per heavy atom. The predicted molar refractivity (Wildman–Crippen MR) is 123 cm³/mol. The van der Waals surface area contributed by atoms with Gasteiger partial charge in [-0.3, -0.25) is 4.79 Å². The van der Waals surface area contributed by atoms with Crippen LogP contribution < -0.4 is 4.74 Å². The topological polar surface area (TPSA) is 29.5 Å². The molecule has 156 valence electrons. The van der Waals surface area contributed by atoms with Gasteiger partial charge in [-0.1, -0.05) is 63.1 Å². The highest BCUT2D eigenvalue weighted by Crippen LogP contribution is 2.14. The van der Waals surface area contributed by atoms with E-state index in [0.717, 1.165) is 24.3 Å². The Kier molecular flexibility index (Phi) is 10.8. The van der Waals surface area contributed by atoms with Crippen LogP contribution in [0.25, 0.3) is 6.08 Å². The van der Waals surface area contributed by atoms with E-state index in [1.165, 1.54) is 38.8 Å². The summed E-state index contributed by atoms with van der Waals surface area (Å²) in [7, 11) is 0. The summed E-state index contributed by atoms with van der Waals surface area (Å²) >= 11 is 0. The number of ether oxygens (including phenoxy) is 1. The monoisotopic (exact) mass is 393 g/mol. The largest absolute Gasteiger partial charge is 0.494 e. The number of carbonyl (C=O) groups excluding carboxylic acids is 1. The molecule has 0 fully saturated rings. The average Bonchev–Trinajstić information content (AvgIpc) is 2.77. The molecule has 0 aromatic heterocycles. The molecule has 0 bridgehead atoms. The maximum atomic E-state index is 12.3. The van der Waals surface area contributed by atoms with Crippen molar-refractivity contribution in [2.75, 3.05) is 26.2 Å². The lowest BCUT2D eigenvalue weighted by atomic mass is 10.1. The summed E-state index contributed by atoms with van der Waals surface area (Å²) in [5.41, 5.74) is 1.70. The summed E-state index contributed by atoms with van der Waals surface area (Å²) in [5, 5.41) is 0. The maximum Gasteiger partial charge on any atom is 0.185 e. The molecule has 0 aliphatic carbocycles. The number of nitrogens with zero attached hydrogens (tertiary/aromatic N) is 1. The van der Waals surface area contributed by atoms with Gasteiger partial charge in [-0.2, -0.15) is 0 Å². The standard InChI is InChI=1S/C26H35NO2/c1-3-5-19-27(20-6-4-2)21-10-22-29-25-16-14-24(15-17-25)26(28)18-13-23-11-8-7-9-12-23/h7-9,11-18H,3-6,10,19-22H2,1-2H3/b18-13+. The molecule has 0 unspecified atom stereocenters. The average molecular weight is 394 g/mol. The van der Waals surface area contributed by atoms with Crippen molar-refractivity contribution in [3.63, 3.8) is 0 Å². The van der Waals surface area contributed by atoms with Crippen molar-refractivity contribution < 1.29 is 9.53 Å². The zero-order valence-corrected chi connectivity index (χ0v) is 18.0. The van der Waals surface area contributed by atoms with Crippen LogP contribution >= 0.6 is 0 Å². The minimum atomic E-state index is 0.00268. The van der Waals surface area contributed by atoms with Gasteiger partial charge in [-0.05, 0) is 68.3 Å². The van der Waals surface area contributed by atoms with Crippen molar-refractivity contribution in [2.24, 2.45) is 0 Å². The van der Waals surface area contributed by atoms with Gasteiger partial charge in [-0.15, -0.1) is 0 Å².